The molecule has 1 nitrogen and oxygen atoms in total. The zero-order valence-electron chi connectivity index (χ0n) is 6.35. The van der Waals surface area contributed by atoms with Gasteiger partial charge in [-0.3, -0.25) is 0 Å². The Labute approximate surface area is 69.8 Å². The molecule has 0 aliphatic carbocycles. The second kappa shape index (κ2) is 5.08. The second-order valence-electron chi connectivity index (χ2n) is 2.48. The molecule has 62 valence electrons. The summed E-state index contributed by atoms with van der Waals surface area (Å²) in [6.07, 6.45) is -0.203. The normalized spacial score (nSPS) is 20.1. The van der Waals surface area contributed by atoms with Crippen molar-refractivity contribution in [1.82, 2.24) is 0 Å². The maximum absolute atomic E-state index is 12.7. The maximum atomic E-state index is 12.7. The molecule has 0 unspecified atom stereocenters. The number of hydrogen-bond acceptors (Lipinski definition) is 1. The SMILES string of the molecule is CC[C@@H](Br)[C@@H](C)[C@H](F)CO. The van der Waals surface area contributed by atoms with Crippen LogP contribution in [0, 0.1) is 5.92 Å². The third-order valence-electron chi connectivity index (χ3n) is 1.71. The summed E-state index contributed by atoms with van der Waals surface area (Å²) in [6.45, 7) is 3.41. The standard InChI is InChI=1S/C7H14BrFO/c1-3-6(8)5(2)7(9)4-10/h5-7,10H,3-4H2,1-2H3/t5-,6-,7-/m1/s1. The molecule has 0 aliphatic rings. The highest BCUT2D eigenvalue weighted by Gasteiger charge is 2.21. The molecule has 0 amide bonds. The van der Waals surface area contributed by atoms with Crippen LogP contribution in [0.2, 0.25) is 0 Å². The van der Waals surface area contributed by atoms with Crippen molar-refractivity contribution in [2.75, 3.05) is 6.61 Å². The lowest BCUT2D eigenvalue weighted by molar-refractivity contribution is 0.132. The molecule has 10 heavy (non-hydrogen) atoms. The average molecular weight is 213 g/mol. The van der Waals surface area contributed by atoms with Crippen LogP contribution in [0.4, 0.5) is 4.39 Å². The molecule has 0 aromatic carbocycles. The van der Waals surface area contributed by atoms with E-state index in [1.807, 2.05) is 6.92 Å². The number of aliphatic hydroxyl groups is 1. The van der Waals surface area contributed by atoms with Crippen LogP contribution < -0.4 is 0 Å². The zero-order valence-corrected chi connectivity index (χ0v) is 7.94. The van der Waals surface area contributed by atoms with Gasteiger partial charge in [-0.05, 0) is 6.42 Å². The third kappa shape index (κ3) is 2.97. The van der Waals surface area contributed by atoms with Crippen molar-refractivity contribution in [3.8, 4) is 0 Å². The lowest BCUT2D eigenvalue weighted by Crippen LogP contribution is -2.24. The molecule has 3 heteroatoms. The highest BCUT2D eigenvalue weighted by molar-refractivity contribution is 9.09. The molecule has 0 radical (unpaired) electrons. The molecule has 0 spiro atoms. The van der Waals surface area contributed by atoms with Crippen molar-refractivity contribution >= 4 is 15.9 Å². The summed E-state index contributed by atoms with van der Waals surface area (Å²) in [5, 5.41) is 8.45. The second-order valence-corrected chi connectivity index (χ2v) is 3.66. The maximum Gasteiger partial charge on any atom is 0.127 e. The number of alkyl halides is 2. The number of aliphatic hydroxyl groups excluding tert-OH is 1. The van der Waals surface area contributed by atoms with Gasteiger partial charge in [0.05, 0.1) is 6.61 Å². The van der Waals surface area contributed by atoms with Gasteiger partial charge in [-0.25, -0.2) is 4.39 Å². The van der Waals surface area contributed by atoms with Gasteiger partial charge in [-0.15, -0.1) is 0 Å². The Hall–Kier alpha value is 0.370. The fourth-order valence-corrected chi connectivity index (χ4v) is 1.10. The minimum Gasteiger partial charge on any atom is -0.393 e. The van der Waals surface area contributed by atoms with Crippen molar-refractivity contribution in [3.63, 3.8) is 0 Å². The average Bonchev–Trinajstić information content (AvgIpc) is 2.00. The van der Waals surface area contributed by atoms with E-state index in [0.29, 0.717) is 0 Å². The Balaban J connectivity index is 3.69. The quantitative estimate of drug-likeness (QED) is 0.709. The van der Waals surface area contributed by atoms with E-state index in [-0.39, 0.29) is 17.4 Å². The zero-order chi connectivity index (χ0) is 8.15. The first-order valence-corrected chi connectivity index (χ1v) is 4.44. The van der Waals surface area contributed by atoms with Gasteiger partial charge in [0.1, 0.15) is 6.17 Å². The Morgan fingerprint density at radius 3 is 2.40 bits per heavy atom. The van der Waals surface area contributed by atoms with Crippen LogP contribution in [-0.2, 0) is 0 Å². The highest BCUT2D eigenvalue weighted by Crippen LogP contribution is 2.21. The molecule has 0 aliphatic heterocycles. The van der Waals surface area contributed by atoms with Gasteiger partial charge < -0.3 is 5.11 Å². The Bertz CT molecular complexity index is 79.7. The predicted molar refractivity (Wildman–Crippen MR) is 44.2 cm³/mol. The van der Waals surface area contributed by atoms with E-state index in [2.05, 4.69) is 15.9 Å². The number of hydrogen-bond donors (Lipinski definition) is 1. The molecule has 0 aromatic heterocycles. The van der Waals surface area contributed by atoms with Crippen molar-refractivity contribution in [3.05, 3.63) is 0 Å². The lowest BCUT2D eigenvalue weighted by Gasteiger charge is -2.18. The van der Waals surface area contributed by atoms with Gasteiger partial charge in [0, 0.05) is 10.7 Å². The monoisotopic (exact) mass is 212 g/mol. The van der Waals surface area contributed by atoms with Crippen molar-refractivity contribution in [2.24, 2.45) is 5.92 Å². The van der Waals surface area contributed by atoms with E-state index >= 15 is 0 Å². The molecule has 0 aromatic rings. The van der Waals surface area contributed by atoms with E-state index in [9.17, 15) is 4.39 Å². The highest BCUT2D eigenvalue weighted by atomic mass is 79.9. The van der Waals surface area contributed by atoms with Gasteiger partial charge in [-0.1, -0.05) is 29.8 Å². The van der Waals surface area contributed by atoms with Crippen LogP contribution in [0.15, 0.2) is 0 Å². The largest absolute Gasteiger partial charge is 0.393 e. The minimum atomic E-state index is -1.09. The van der Waals surface area contributed by atoms with Gasteiger partial charge in [0.15, 0.2) is 0 Å². The van der Waals surface area contributed by atoms with Crippen molar-refractivity contribution in [1.29, 1.82) is 0 Å². The summed E-state index contributed by atoms with van der Waals surface area (Å²) < 4.78 is 12.7. The Kier molecular flexibility index (Phi) is 5.27. The molecule has 0 saturated heterocycles. The van der Waals surface area contributed by atoms with E-state index < -0.39 is 6.17 Å². The summed E-state index contributed by atoms with van der Waals surface area (Å²) in [7, 11) is 0. The molecular weight excluding hydrogens is 199 g/mol. The summed E-state index contributed by atoms with van der Waals surface area (Å²) in [4.78, 5) is 0.176. The van der Waals surface area contributed by atoms with Gasteiger partial charge in [0.2, 0.25) is 0 Å². The van der Waals surface area contributed by atoms with Gasteiger partial charge in [-0.2, -0.15) is 0 Å². The first kappa shape index (κ1) is 10.4. The first-order valence-electron chi connectivity index (χ1n) is 3.52. The van der Waals surface area contributed by atoms with E-state index in [1.165, 1.54) is 0 Å². The van der Waals surface area contributed by atoms with Crippen LogP contribution in [0.5, 0.6) is 0 Å². The fraction of sp³-hybridized carbons (Fsp3) is 1.00. The summed E-state index contributed by atoms with van der Waals surface area (Å²) in [6, 6.07) is 0. The van der Waals surface area contributed by atoms with Crippen LogP contribution in [-0.4, -0.2) is 22.7 Å². The number of halogens is 2. The van der Waals surface area contributed by atoms with Gasteiger partial charge >= 0.3 is 0 Å². The van der Waals surface area contributed by atoms with Crippen molar-refractivity contribution in [2.45, 2.75) is 31.3 Å². The molecule has 0 saturated carbocycles. The van der Waals surface area contributed by atoms with Crippen LogP contribution in [0.3, 0.4) is 0 Å². The van der Waals surface area contributed by atoms with Crippen LogP contribution in [0.1, 0.15) is 20.3 Å². The molecule has 1 N–H and O–H groups in total. The minimum absolute atomic E-state index is 0.102. The molecule has 0 rings (SSSR count). The van der Waals surface area contributed by atoms with Crippen LogP contribution in [0.25, 0.3) is 0 Å². The lowest BCUT2D eigenvalue weighted by atomic mass is 10.0. The molecule has 3 atom stereocenters. The summed E-state index contributed by atoms with van der Waals surface area (Å²) in [5.74, 6) is -0.102. The first-order chi connectivity index (χ1) is 4.63. The van der Waals surface area contributed by atoms with E-state index in [0.717, 1.165) is 6.42 Å². The summed E-state index contributed by atoms with van der Waals surface area (Å²) in [5.41, 5.74) is 0. The van der Waals surface area contributed by atoms with E-state index in [1.54, 1.807) is 6.92 Å². The smallest absolute Gasteiger partial charge is 0.127 e. The molecule has 0 bridgehead atoms. The van der Waals surface area contributed by atoms with Crippen LogP contribution >= 0.6 is 15.9 Å². The Morgan fingerprint density at radius 2 is 2.10 bits per heavy atom. The topological polar surface area (TPSA) is 20.2 Å². The third-order valence-corrected chi connectivity index (χ3v) is 3.19. The summed E-state index contributed by atoms with van der Waals surface area (Å²) >= 11 is 3.33. The molecule has 0 fully saturated rings. The molecular formula is C7H14BrFO. The molecule has 0 heterocycles. The van der Waals surface area contributed by atoms with Crippen molar-refractivity contribution < 1.29 is 9.50 Å². The van der Waals surface area contributed by atoms with E-state index in [4.69, 9.17) is 5.11 Å². The number of rotatable bonds is 4. The predicted octanol–water partition coefficient (Wildman–Crippen LogP) is 2.13. The fourth-order valence-electron chi connectivity index (χ4n) is 0.765. The Morgan fingerprint density at radius 1 is 1.60 bits per heavy atom. The van der Waals surface area contributed by atoms with Gasteiger partial charge in [0.25, 0.3) is 0 Å².